The molecule has 11 nitrogen and oxygen atoms in total. The number of hydrogen-bond donors (Lipinski definition) is 4. The lowest BCUT2D eigenvalue weighted by molar-refractivity contribution is 0.0223. The molecule has 184 valence electrons. The van der Waals surface area contributed by atoms with Crippen LogP contribution in [0, 0.1) is 0 Å². The van der Waals surface area contributed by atoms with Crippen LogP contribution in [0.5, 0.6) is 11.5 Å². The molecule has 36 heavy (non-hydrogen) atoms. The van der Waals surface area contributed by atoms with Gasteiger partial charge in [0.1, 0.15) is 18.7 Å². The zero-order valence-corrected chi connectivity index (χ0v) is 19.4. The Balaban J connectivity index is 1.28. The summed E-state index contributed by atoms with van der Waals surface area (Å²) < 4.78 is 22.8. The molecule has 1 aliphatic rings. The molecule has 0 atom stereocenters. The summed E-state index contributed by atoms with van der Waals surface area (Å²) >= 11 is 0. The topological polar surface area (TPSA) is 131 Å². The number of anilines is 4. The van der Waals surface area contributed by atoms with E-state index in [0.29, 0.717) is 74.1 Å². The van der Waals surface area contributed by atoms with Gasteiger partial charge in [-0.05, 0) is 24.3 Å². The summed E-state index contributed by atoms with van der Waals surface area (Å²) in [7, 11) is 0. The average Bonchev–Trinajstić information content (AvgIpc) is 3.55. The van der Waals surface area contributed by atoms with E-state index < -0.39 is 0 Å². The first-order valence-corrected chi connectivity index (χ1v) is 11.7. The maximum absolute atomic E-state index is 5.93. The Morgan fingerprint density at radius 1 is 0.750 bits per heavy atom. The Morgan fingerprint density at radius 2 is 1.58 bits per heavy atom. The molecule has 11 heteroatoms. The third-order valence-corrected chi connectivity index (χ3v) is 5.67. The van der Waals surface area contributed by atoms with E-state index in [2.05, 4.69) is 30.6 Å². The van der Waals surface area contributed by atoms with Crippen molar-refractivity contribution in [3.63, 3.8) is 0 Å². The molecule has 0 saturated carbocycles. The van der Waals surface area contributed by atoms with Gasteiger partial charge in [0, 0.05) is 23.3 Å². The monoisotopic (exact) mass is 487 g/mol. The number of imidazole rings is 1. The maximum Gasteiger partial charge on any atom is 0.231 e. The van der Waals surface area contributed by atoms with E-state index >= 15 is 0 Å². The van der Waals surface area contributed by atoms with Crippen molar-refractivity contribution in [1.29, 1.82) is 0 Å². The molecule has 0 bridgehead atoms. The molecule has 0 amide bonds. The molecule has 0 aliphatic carbocycles. The fourth-order valence-electron chi connectivity index (χ4n) is 3.99. The summed E-state index contributed by atoms with van der Waals surface area (Å²) in [5.41, 5.74) is 3.88. The van der Waals surface area contributed by atoms with E-state index in [9.17, 15) is 0 Å². The minimum atomic E-state index is 0.390. The second kappa shape index (κ2) is 10.1. The molecule has 0 spiro atoms. The summed E-state index contributed by atoms with van der Waals surface area (Å²) in [6.07, 6.45) is 3.51. The van der Waals surface area contributed by atoms with Crippen molar-refractivity contribution in [3.05, 3.63) is 55.0 Å². The Morgan fingerprint density at radius 3 is 2.47 bits per heavy atom. The van der Waals surface area contributed by atoms with Crippen molar-refractivity contribution in [2.24, 2.45) is 0 Å². The smallest absolute Gasteiger partial charge is 0.231 e. The highest BCUT2D eigenvalue weighted by molar-refractivity contribution is 5.95. The summed E-state index contributed by atoms with van der Waals surface area (Å²) in [5, 5.41) is 7.78. The first kappa shape index (κ1) is 22.1. The lowest BCUT2D eigenvalue weighted by Crippen LogP contribution is -2.15. The van der Waals surface area contributed by atoms with Crippen LogP contribution < -0.4 is 20.1 Å². The van der Waals surface area contributed by atoms with Crippen molar-refractivity contribution in [1.82, 2.24) is 24.9 Å². The molecule has 0 saturated heterocycles. The molecule has 0 radical (unpaired) electrons. The van der Waals surface area contributed by atoms with Crippen molar-refractivity contribution >= 4 is 45.2 Å². The van der Waals surface area contributed by atoms with Gasteiger partial charge in [-0.15, -0.1) is 0 Å². The van der Waals surface area contributed by atoms with E-state index in [1.54, 1.807) is 6.33 Å². The van der Waals surface area contributed by atoms with Crippen LogP contribution >= 0.6 is 0 Å². The minimum Gasteiger partial charge on any atom is -0.487 e. The highest BCUT2D eigenvalue weighted by Gasteiger charge is 2.14. The Bertz CT molecular complexity index is 1480. The molecule has 4 heterocycles. The standard InChI is InChI=1S/C25H25N7O4/c1-2-16-6-7-26-21(16)18(3-1)30-24-22-23(28-15-27-22)31-25(32-24)29-17-4-5-19-20(14-17)36-13-11-34-9-8-33-10-12-35-19/h1-7,14-15,26H,8-13H2,(H3,27,28,29,30,31,32). The van der Waals surface area contributed by atoms with Crippen molar-refractivity contribution in [2.75, 3.05) is 50.3 Å². The van der Waals surface area contributed by atoms with Gasteiger partial charge in [0.25, 0.3) is 0 Å². The number of aromatic nitrogens is 5. The van der Waals surface area contributed by atoms with Crippen LogP contribution in [0.1, 0.15) is 0 Å². The normalized spacial score (nSPS) is 14.8. The molecule has 2 aromatic carbocycles. The van der Waals surface area contributed by atoms with Crippen molar-refractivity contribution in [2.45, 2.75) is 0 Å². The highest BCUT2D eigenvalue weighted by atomic mass is 16.6. The predicted octanol–water partition coefficient (Wildman–Crippen LogP) is 4.13. The zero-order chi connectivity index (χ0) is 24.2. The van der Waals surface area contributed by atoms with Crippen LogP contribution in [0.3, 0.4) is 0 Å². The zero-order valence-electron chi connectivity index (χ0n) is 19.4. The molecule has 0 fully saturated rings. The molecule has 1 aliphatic heterocycles. The fourth-order valence-corrected chi connectivity index (χ4v) is 3.99. The largest absolute Gasteiger partial charge is 0.487 e. The quantitative estimate of drug-likeness (QED) is 0.295. The molecule has 3 aromatic heterocycles. The van der Waals surface area contributed by atoms with Gasteiger partial charge in [-0.3, -0.25) is 0 Å². The maximum atomic E-state index is 5.93. The van der Waals surface area contributed by atoms with Gasteiger partial charge in [-0.2, -0.15) is 9.97 Å². The van der Waals surface area contributed by atoms with E-state index in [1.807, 2.05) is 48.7 Å². The van der Waals surface area contributed by atoms with E-state index in [0.717, 1.165) is 22.3 Å². The third kappa shape index (κ3) is 4.74. The minimum absolute atomic E-state index is 0.390. The van der Waals surface area contributed by atoms with E-state index in [4.69, 9.17) is 23.9 Å². The summed E-state index contributed by atoms with van der Waals surface area (Å²) in [6, 6.07) is 13.7. The molecular formula is C25H25N7O4. The number of ether oxygens (including phenoxy) is 4. The molecule has 6 rings (SSSR count). The number of rotatable bonds is 4. The number of aromatic amines is 2. The first-order chi connectivity index (χ1) is 17.8. The van der Waals surface area contributed by atoms with Crippen LogP contribution in [0.4, 0.5) is 23.1 Å². The van der Waals surface area contributed by atoms with Crippen molar-refractivity contribution < 1.29 is 18.9 Å². The highest BCUT2D eigenvalue weighted by Crippen LogP contribution is 2.33. The van der Waals surface area contributed by atoms with Crippen molar-refractivity contribution in [3.8, 4) is 11.5 Å². The Kier molecular flexibility index (Phi) is 6.21. The third-order valence-electron chi connectivity index (χ3n) is 5.67. The van der Waals surface area contributed by atoms with Crippen LogP contribution in [-0.2, 0) is 9.47 Å². The predicted molar refractivity (Wildman–Crippen MR) is 136 cm³/mol. The SMILES string of the molecule is c1cc(Nc2nc(Nc3ccc4c(c3)OCCOCCOCCO4)nc3nc[nH]c23)c2[nH]ccc2c1. The Hall–Kier alpha value is -4.35. The summed E-state index contributed by atoms with van der Waals surface area (Å²) in [6.45, 7) is 2.82. The number of fused-ring (bicyclic) bond motifs is 3. The van der Waals surface area contributed by atoms with Crippen LogP contribution in [0.25, 0.3) is 22.1 Å². The van der Waals surface area contributed by atoms with E-state index in [-0.39, 0.29) is 0 Å². The van der Waals surface area contributed by atoms with Gasteiger partial charge >= 0.3 is 0 Å². The Labute approximate surface area is 206 Å². The van der Waals surface area contributed by atoms with Gasteiger partial charge < -0.3 is 39.5 Å². The number of para-hydroxylation sites is 1. The average molecular weight is 488 g/mol. The number of benzene rings is 2. The van der Waals surface area contributed by atoms with E-state index in [1.165, 1.54) is 0 Å². The molecule has 5 aromatic rings. The van der Waals surface area contributed by atoms with Gasteiger partial charge in [-0.25, -0.2) is 4.98 Å². The molecule has 0 unspecified atom stereocenters. The van der Waals surface area contributed by atoms with Gasteiger partial charge in [0.2, 0.25) is 5.95 Å². The lowest BCUT2D eigenvalue weighted by atomic mass is 10.2. The summed E-state index contributed by atoms with van der Waals surface area (Å²) in [5.74, 6) is 2.23. The van der Waals surface area contributed by atoms with Gasteiger partial charge in [0.15, 0.2) is 23.0 Å². The second-order valence-corrected chi connectivity index (χ2v) is 8.08. The van der Waals surface area contributed by atoms with Gasteiger partial charge in [-0.1, -0.05) is 12.1 Å². The second-order valence-electron chi connectivity index (χ2n) is 8.08. The van der Waals surface area contributed by atoms with Gasteiger partial charge in [0.05, 0.1) is 44.0 Å². The lowest BCUT2D eigenvalue weighted by Gasteiger charge is -2.16. The van der Waals surface area contributed by atoms with Crippen LogP contribution in [0.2, 0.25) is 0 Å². The molecular weight excluding hydrogens is 462 g/mol. The number of nitrogens with one attached hydrogen (secondary N) is 4. The summed E-state index contributed by atoms with van der Waals surface area (Å²) in [4.78, 5) is 20.0. The fraction of sp³-hybridized carbons (Fsp3) is 0.240. The van der Waals surface area contributed by atoms with Crippen LogP contribution in [-0.4, -0.2) is 64.6 Å². The number of H-pyrrole nitrogens is 2. The molecule has 4 N–H and O–H groups in total. The number of nitrogens with zero attached hydrogens (tertiary/aromatic N) is 3. The number of hydrogen-bond acceptors (Lipinski definition) is 9. The van der Waals surface area contributed by atoms with Crippen LogP contribution in [0.15, 0.2) is 55.0 Å². The first-order valence-electron chi connectivity index (χ1n) is 11.7.